The van der Waals surface area contributed by atoms with Gasteiger partial charge in [-0.2, -0.15) is 0 Å². The van der Waals surface area contributed by atoms with E-state index in [1.165, 1.54) is 6.20 Å². The standard InChI is InChI=1S/C25H17N3O3S/c29-22(27-17-8-5-13-26-14-17)15-31-25(30)19-10-4-7-16-6-3-9-18(23(16)19)24-28-20-11-1-2-12-21(20)32-24/h1-14H,15H2,(H,27,29). The molecule has 0 saturated heterocycles. The zero-order valence-corrected chi connectivity index (χ0v) is 17.6. The highest BCUT2D eigenvalue weighted by Crippen LogP contribution is 2.36. The number of nitrogens with zero attached hydrogens (tertiary/aromatic N) is 2. The van der Waals surface area contributed by atoms with Crippen LogP contribution in [0.15, 0.2) is 85.2 Å². The summed E-state index contributed by atoms with van der Waals surface area (Å²) in [7, 11) is 0. The van der Waals surface area contributed by atoms with Gasteiger partial charge in [-0.3, -0.25) is 9.78 Å². The molecule has 0 aliphatic carbocycles. The number of aromatic nitrogens is 2. The fraction of sp³-hybridized carbons (Fsp3) is 0.0400. The summed E-state index contributed by atoms with van der Waals surface area (Å²) in [6, 6.07) is 22.6. The van der Waals surface area contributed by atoms with E-state index in [9.17, 15) is 9.59 Å². The van der Waals surface area contributed by atoms with Crippen LogP contribution in [0.2, 0.25) is 0 Å². The van der Waals surface area contributed by atoms with Crippen molar-refractivity contribution in [3.8, 4) is 10.6 Å². The monoisotopic (exact) mass is 439 g/mol. The number of pyridine rings is 1. The van der Waals surface area contributed by atoms with E-state index < -0.39 is 18.5 Å². The van der Waals surface area contributed by atoms with Crippen LogP contribution in [-0.2, 0) is 9.53 Å². The van der Waals surface area contributed by atoms with Gasteiger partial charge < -0.3 is 10.1 Å². The Balaban J connectivity index is 1.45. The lowest BCUT2D eigenvalue weighted by Crippen LogP contribution is -2.21. The molecule has 0 bridgehead atoms. The summed E-state index contributed by atoms with van der Waals surface area (Å²) in [6.45, 7) is -0.395. The van der Waals surface area contributed by atoms with Crippen LogP contribution in [0, 0.1) is 0 Å². The number of para-hydroxylation sites is 1. The van der Waals surface area contributed by atoms with Crippen molar-refractivity contribution in [1.29, 1.82) is 0 Å². The van der Waals surface area contributed by atoms with Gasteiger partial charge in [0, 0.05) is 17.1 Å². The number of fused-ring (bicyclic) bond motifs is 2. The molecule has 1 amide bonds. The van der Waals surface area contributed by atoms with E-state index in [0.717, 1.165) is 31.6 Å². The Morgan fingerprint density at radius 1 is 0.938 bits per heavy atom. The quantitative estimate of drug-likeness (QED) is 0.376. The van der Waals surface area contributed by atoms with E-state index in [1.54, 1.807) is 41.8 Å². The van der Waals surface area contributed by atoms with Crippen LogP contribution < -0.4 is 5.32 Å². The van der Waals surface area contributed by atoms with Crippen molar-refractivity contribution >= 4 is 49.9 Å². The number of anilines is 1. The van der Waals surface area contributed by atoms with Gasteiger partial charge >= 0.3 is 5.97 Å². The Morgan fingerprint density at radius 3 is 2.59 bits per heavy atom. The van der Waals surface area contributed by atoms with Crippen LogP contribution in [0.4, 0.5) is 5.69 Å². The van der Waals surface area contributed by atoms with Gasteiger partial charge in [-0.1, -0.05) is 42.5 Å². The van der Waals surface area contributed by atoms with Gasteiger partial charge in [0.15, 0.2) is 6.61 Å². The van der Waals surface area contributed by atoms with Crippen LogP contribution in [-0.4, -0.2) is 28.5 Å². The molecule has 0 atom stereocenters. The van der Waals surface area contributed by atoms with E-state index in [2.05, 4.69) is 10.3 Å². The average molecular weight is 439 g/mol. The van der Waals surface area contributed by atoms with E-state index in [-0.39, 0.29) is 0 Å². The van der Waals surface area contributed by atoms with Crippen LogP contribution in [0.5, 0.6) is 0 Å². The molecule has 1 N–H and O–H groups in total. The van der Waals surface area contributed by atoms with Gasteiger partial charge in [-0.15, -0.1) is 11.3 Å². The second-order valence-electron chi connectivity index (χ2n) is 7.06. The number of esters is 1. The minimum absolute atomic E-state index is 0.395. The van der Waals surface area contributed by atoms with Gasteiger partial charge in [0.25, 0.3) is 5.91 Å². The Hall–Kier alpha value is -4.10. The first-order chi connectivity index (χ1) is 15.7. The second kappa shape index (κ2) is 8.56. The summed E-state index contributed by atoms with van der Waals surface area (Å²) >= 11 is 1.57. The zero-order valence-electron chi connectivity index (χ0n) is 16.8. The normalized spacial score (nSPS) is 10.9. The summed E-state index contributed by atoms with van der Waals surface area (Å²) in [5.74, 6) is -0.997. The second-order valence-corrected chi connectivity index (χ2v) is 8.09. The van der Waals surface area contributed by atoms with Gasteiger partial charge in [-0.25, -0.2) is 9.78 Å². The number of nitrogens with one attached hydrogen (secondary N) is 1. The third kappa shape index (κ3) is 3.93. The molecule has 32 heavy (non-hydrogen) atoms. The Morgan fingerprint density at radius 2 is 1.78 bits per heavy atom. The third-order valence-corrected chi connectivity index (χ3v) is 6.00. The predicted molar refractivity (Wildman–Crippen MR) is 126 cm³/mol. The van der Waals surface area contributed by atoms with Crippen molar-refractivity contribution in [1.82, 2.24) is 9.97 Å². The van der Waals surface area contributed by atoms with E-state index in [1.807, 2.05) is 48.5 Å². The van der Waals surface area contributed by atoms with Gasteiger partial charge in [0.2, 0.25) is 0 Å². The number of rotatable bonds is 5. The topological polar surface area (TPSA) is 81.2 Å². The number of thiazole rings is 1. The maximum absolute atomic E-state index is 12.9. The molecule has 5 aromatic rings. The lowest BCUT2D eigenvalue weighted by atomic mass is 9.99. The van der Waals surface area contributed by atoms with Crippen LogP contribution in [0.3, 0.4) is 0 Å². The molecule has 0 aliphatic heterocycles. The number of ether oxygens (including phenoxy) is 1. The molecule has 7 heteroatoms. The highest BCUT2D eigenvalue weighted by molar-refractivity contribution is 7.21. The molecule has 0 fully saturated rings. The Kier molecular flexibility index (Phi) is 5.31. The lowest BCUT2D eigenvalue weighted by molar-refractivity contribution is -0.119. The highest BCUT2D eigenvalue weighted by Gasteiger charge is 2.18. The van der Waals surface area contributed by atoms with Gasteiger partial charge in [0.1, 0.15) is 5.01 Å². The van der Waals surface area contributed by atoms with Crippen LogP contribution in [0.1, 0.15) is 10.4 Å². The van der Waals surface area contributed by atoms with E-state index in [0.29, 0.717) is 11.3 Å². The number of hydrogen-bond acceptors (Lipinski definition) is 6. The number of amides is 1. The summed E-state index contributed by atoms with van der Waals surface area (Å²) in [6.07, 6.45) is 3.13. The molecule has 156 valence electrons. The molecule has 2 heterocycles. The molecule has 5 rings (SSSR count). The lowest BCUT2D eigenvalue weighted by Gasteiger charge is -2.11. The van der Waals surface area contributed by atoms with E-state index in [4.69, 9.17) is 9.72 Å². The molecule has 0 aliphatic rings. The first-order valence-corrected chi connectivity index (χ1v) is 10.8. The minimum Gasteiger partial charge on any atom is -0.452 e. The van der Waals surface area contributed by atoms with Gasteiger partial charge in [-0.05, 0) is 35.7 Å². The average Bonchev–Trinajstić information content (AvgIpc) is 3.26. The number of carbonyl (C=O) groups is 2. The number of hydrogen-bond donors (Lipinski definition) is 1. The number of carbonyl (C=O) groups excluding carboxylic acids is 2. The molecular formula is C25H17N3O3S. The zero-order chi connectivity index (χ0) is 21.9. The van der Waals surface area contributed by atoms with Gasteiger partial charge in [0.05, 0.1) is 27.7 Å². The fourth-order valence-corrected chi connectivity index (χ4v) is 4.52. The SMILES string of the molecule is O=C(COC(=O)c1cccc2cccc(-c3nc4ccccc4s3)c12)Nc1cccnc1. The summed E-state index contributed by atoms with van der Waals surface area (Å²) in [5.41, 5.74) is 2.70. The predicted octanol–water partition coefficient (Wildman–Crippen LogP) is 5.31. The van der Waals surface area contributed by atoms with Crippen LogP contribution in [0.25, 0.3) is 31.6 Å². The molecule has 3 aromatic carbocycles. The third-order valence-electron chi connectivity index (χ3n) is 4.93. The smallest absolute Gasteiger partial charge is 0.339 e. The number of benzene rings is 3. The molecule has 2 aromatic heterocycles. The fourth-order valence-electron chi connectivity index (χ4n) is 3.52. The molecule has 0 unspecified atom stereocenters. The first kappa shape index (κ1) is 19.8. The van der Waals surface area contributed by atoms with Crippen molar-refractivity contribution in [3.05, 3.63) is 90.8 Å². The largest absolute Gasteiger partial charge is 0.452 e. The van der Waals surface area contributed by atoms with Crippen molar-refractivity contribution < 1.29 is 14.3 Å². The summed E-state index contributed by atoms with van der Waals surface area (Å²) in [5, 5.41) is 5.13. The molecular weight excluding hydrogens is 422 g/mol. The molecule has 0 saturated carbocycles. The molecule has 0 spiro atoms. The maximum atomic E-state index is 12.9. The molecule has 6 nitrogen and oxygen atoms in total. The first-order valence-electron chi connectivity index (χ1n) is 9.94. The van der Waals surface area contributed by atoms with Crippen molar-refractivity contribution in [2.24, 2.45) is 0 Å². The minimum atomic E-state index is -0.564. The molecule has 0 radical (unpaired) electrons. The van der Waals surface area contributed by atoms with Crippen LogP contribution >= 0.6 is 11.3 Å². The van der Waals surface area contributed by atoms with E-state index >= 15 is 0 Å². The highest BCUT2D eigenvalue weighted by atomic mass is 32.1. The maximum Gasteiger partial charge on any atom is 0.339 e. The summed E-state index contributed by atoms with van der Waals surface area (Å²) < 4.78 is 6.41. The van der Waals surface area contributed by atoms with Crippen molar-refractivity contribution in [3.63, 3.8) is 0 Å². The summed E-state index contributed by atoms with van der Waals surface area (Å²) in [4.78, 5) is 33.8. The Bertz CT molecular complexity index is 1410. The Labute approximate surface area is 187 Å². The van der Waals surface area contributed by atoms with Crippen molar-refractivity contribution in [2.75, 3.05) is 11.9 Å². The van der Waals surface area contributed by atoms with Crippen molar-refractivity contribution in [2.45, 2.75) is 0 Å².